The molecule has 1 rings (SSSR count). The minimum atomic E-state index is -0.252. The lowest BCUT2D eigenvalue weighted by Crippen LogP contribution is -2.45. The lowest BCUT2D eigenvalue weighted by atomic mass is 9.83. The predicted molar refractivity (Wildman–Crippen MR) is 86.3 cm³/mol. The molecule has 0 spiro atoms. The van der Waals surface area contributed by atoms with Crippen LogP contribution >= 0.6 is 0 Å². The van der Waals surface area contributed by atoms with E-state index in [1.54, 1.807) is 21.3 Å². The van der Waals surface area contributed by atoms with Gasteiger partial charge in [-0.2, -0.15) is 0 Å². The minimum absolute atomic E-state index is 0.0726. The van der Waals surface area contributed by atoms with Crippen LogP contribution in [0.15, 0.2) is 18.2 Å². The summed E-state index contributed by atoms with van der Waals surface area (Å²) in [5.41, 5.74) is 0.850. The highest BCUT2D eigenvalue weighted by Crippen LogP contribution is 2.40. The fourth-order valence-corrected chi connectivity index (χ4v) is 2.91. The number of nitrogens with one attached hydrogen (secondary N) is 1. The van der Waals surface area contributed by atoms with E-state index >= 15 is 0 Å². The molecular weight excluding hydrogens is 266 g/mol. The van der Waals surface area contributed by atoms with Gasteiger partial charge in [0.25, 0.3) is 0 Å². The Morgan fingerprint density at radius 1 is 1.05 bits per heavy atom. The smallest absolute Gasteiger partial charge is 0.127 e. The van der Waals surface area contributed by atoms with Crippen molar-refractivity contribution in [1.82, 2.24) is 5.32 Å². The van der Waals surface area contributed by atoms with Gasteiger partial charge in [0.2, 0.25) is 0 Å². The van der Waals surface area contributed by atoms with Crippen molar-refractivity contribution in [2.24, 2.45) is 0 Å². The Bertz CT molecular complexity index is 422. The quantitative estimate of drug-likeness (QED) is 0.756. The van der Waals surface area contributed by atoms with Gasteiger partial charge in [0.15, 0.2) is 0 Å². The van der Waals surface area contributed by atoms with Crippen molar-refractivity contribution in [2.75, 3.05) is 27.9 Å². The van der Waals surface area contributed by atoms with Crippen LogP contribution in [0.2, 0.25) is 0 Å². The number of ether oxygens (including phenoxy) is 3. The highest BCUT2D eigenvalue weighted by molar-refractivity contribution is 5.43. The molecule has 1 aromatic rings. The molecule has 4 heteroatoms. The van der Waals surface area contributed by atoms with Crippen LogP contribution in [-0.4, -0.2) is 33.5 Å². The van der Waals surface area contributed by atoms with E-state index in [4.69, 9.17) is 14.2 Å². The molecule has 4 nitrogen and oxygen atoms in total. The standard InChI is InChI=1S/C17H29NO3/c1-7-17(8-2,21-6)16(18-9-3)14-11-10-13(19-4)12-15(14)20-5/h10-12,16,18H,7-9H2,1-6H3. The molecule has 0 saturated carbocycles. The van der Waals surface area contributed by atoms with Crippen molar-refractivity contribution in [3.8, 4) is 11.5 Å². The summed E-state index contributed by atoms with van der Waals surface area (Å²) < 4.78 is 16.8. The normalized spacial score (nSPS) is 13.0. The van der Waals surface area contributed by atoms with Crippen molar-refractivity contribution < 1.29 is 14.2 Å². The van der Waals surface area contributed by atoms with Gasteiger partial charge in [-0.05, 0) is 31.5 Å². The second-order valence-electron chi connectivity index (χ2n) is 5.07. The van der Waals surface area contributed by atoms with Crippen molar-refractivity contribution in [2.45, 2.75) is 45.3 Å². The summed E-state index contributed by atoms with van der Waals surface area (Å²) >= 11 is 0. The zero-order chi connectivity index (χ0) is 15.9. The first-order chi connectivity index (χ1) is 10.1. The highest BCUT2D eigenvalue weighted by Gasteiger charge is 2.38. The molecule has 1 N–H and O–H groups in total. The van der Waals surface area contributed by atoms with Gasteiger partial charge in [0.05, 0.1) is 25.9 Å². The Balaban J connectivity index is 3.33. The van der Waals surface area contributed by atoms with E-state index in [2.05, 4.69) is 32.2 Å². The third-order valence-electron chi connectivity index (χ3n) is 4.29. The average molecular weight is 295 g/mol. The first-order valence-corrected chi connectivity index (χ1v) is 7.62. The predicted octanol–water partition coefficient (Wildman–Crippen LogP) is 3.56. The molecule has 1 aromatic carbocycles. The molecule has 0 saturated heterocycles. The van der Waals surface area contributed by atoms with Crippen molar-refractivity contribution >= 4 is 0 Å². The van der Waals surface area contributed by atoms with Gasteiger partial charge in [0.1, 0.15) is 11.5 Å². The van der Waals surface area contributed by atoms with Gasteiger partial charge in [0, 0.05) is 18.7 Å². The molecule has 1 atom stereocenters. The molecule has 0 amide bonds. The van der Waals surface area contributed by atoms with Crippen LogP contribution in [0.4, 0.5) is 0 Å². The molecule has 0 aromatic heterocycles. The molecule has 0 bridgehead atoms. The van der Waals surface area contributed by atoms with Gasteiger partial charge in [-0.1, -0.05) is 20.8 Å². The molecule has 0 aliphatic rings. The van der Waals surface area contributed by atoms with Crippen LogP contribution < -0.4 is 14.8 Å². The molecule has 0 aliphatic heterocycles. The van der Waals surface area contributed by atoms with Crippen LogP contribution in [0.25, 0.3) is 0 Å². The summed E-state index contributed by atoms with van der Waals surface area (Å²) in [7, 11) is 5.13. The number of methoxy groups -OCH3 is 3. The van der Waals surface area contributed by atoms with Gasteiger partial charge in [-0.25, -0.2) is 0 Å². The Kier molecular flexibility index (Phi) is 6.99. The van der Waals surface area contributed by atoms with Gasteiger partial charge >= 0.3 is 0 Å². The molecule has 0 aliphatic carbocycles. The molecule has 1 unspecified atom stereocenters. The van der Waals surface area contributed by atoms with Crippen LogP contribution in [0.5, 0.6) is 11.5 Å². The fraction of sp³-hybridized carbons (Fsp3) is 0.647. The van der Waals surface area contributed by atoms with Gasteiger partial charge < -0.3 is 19.5 Å². The summed E-state index contributed by atoms with van der Waals surface area (Å²) in [6.45, 7) is 7.29. The largest absolute Gasteiger partial charge is 0.497 e. The van der Waals surface area contributed by atoms with Crippen molar-refractivity contribution in [3.63, 3.8) is 0 Å². The maximum atomic E-state index is 5.91. The number of hydrogen-bond donors (Lipinski definition) is 1. The van der Waals surface area contributed by atoms with Crippen LogP contribution in [0, 0.1) is 0 Å². The maximum absolute atomic E-state index is 5.91. The Morgan fingerprint density at radius 3 is 2.14 bits per heavy atom. The Labute approximate surface area is 128 Å². The van der Waals surface area contributed by atoms with E-state index in [-0.39, 0.29) is 11.6 Å². The minimum Gasteiger partial charge on any atom is -0.497 e. The fourth-order valence-electron chi connectivity index (χ4n) is 2.91. The van der Waals surface area contributed by atoms with E-state index < -0.39 is 0 Å². The highest BCUT2D eigenvalue weighted by atomic mass is 16.5. The zero-order valence-electron chi connectivity index (χ0n) is 14.2. The lowest BCUT2D eigenvalue weighted by molar-refractivity contribution is -0.0487. The molecular formula is C17H29NO3. The monoisotopic (exact) mass is 295 g/mol. The topological polar surface area (TPSA) is 39.7 Å². The molecule has 21 heavy (non-hydrogen) atoms. The SMILES string of the molecule is CCNC(c1ccc(OC)cc1OC)C(CC)(CC)OC. The number of hydrogen-bond acceptors (Lipinski definition) is 4. The lowest BCUT2D eigenvalue weighted by Gasteiger charge is -2.39. The number of benzene rings is 1. The van der Waals surface area contributed by atoms with Crippen LogP contribution in [0.1, 0.15) is 45.2 Å². The van der Waals surface area contributed by atoms with Crippen molar-refractivity contribution in [3.05, 3.63) is 23.8 Å². The third-order valence-corrected chi connectivity index (χ3v) is 4.29. The molecule has 120 valence electrons. The van der Waals surface area contributed by atoms with Gasteiger partial charge in [-0.3, -0.25) is 0 Å². The van der Waals surface area contributed by atoms with E-state index in [0.29, 0.717) is 0 Å². The number of rotatable bonds is 9. The second kappa shape index (κ2) is 8.25. The Morgan fingerprint density at radius 2 is 1.71 bits per heavy atom. The maximum Gasteiger partial charge on any atom is 0.127 e. The Hall–Kier alpha value is -1.26. The molecule has 0 radical (unpaired) electrons. The number of likely N-dealkylation sites (N-methyl/N-ethyl adjacent to an activating group) is 1. The van der Waals surface area contributed by atoms with Crippen molar-refractivity contribution in [1.29, 1.82) is 0 Å². The van der Waals surface area contributed by atoms with E-state index in [1.807, 2.05) is 12.1 Å². The summed E-state index contributed by atoms with van der Waals surface area (Å²) in [6, 6.07) is 6.02. The first-order valence-electron chi connectivity index (χ1n) is 7.62. The van der Waals surface area contributed by atoms with E-state index in [1.165, 1.54) is 0 Å². The van der Waals surface area contributed by atoms with Crippen LogP contribution in [-0.2, 0) is 4.74 Å². The van der Waals surface area contributed by atoms with Gasteiger partial charge in [-0.15, -0.1) is 0 Å². The zero-order valence-corrected chi connectivity index (χ0v) is 14.2. The third kappa shape index (κ3) is 3.69. The van der Waals surface area contributed by atoms with Crippen LogP contribution in [0.3, 0.4) is 0 Å². The second-order valence-corrected chi connectivity index (χ2v) is 5.07. The average Bonchev–Trinajstić information content (AvgIpc) is 2.55. The summed E-state index contributed by atoms with van der Waals surface area (Å²) in [5, 5.41) is 3.56. The van der Waals surface area contributed by atoms with E-state index in [0.717, 1.165) is 36.4 Å². The summed E-state index contributed by atoms with van der Waals surface area (Å²) in [5.74, 6) is 1.62. The molecule has 0 heterocycles. The molecule has 0 fully saturated rings. The first kappa shape index (κ1) is 17.8. The summed E-state index contributed by atoms with van der Waals surface area (Å²) in [4.78, 5) is 0. The van der Waals surface area contributed by atoms with E-state index in [9.17, 15) is 0 Å². The summed E-state index contributed by atoms with van der Waals surface area (Å²) in [6.07, 6.45) is 1.85.